The summed E-state index contributed by atoms with van der Waals surface area (Å²) >= 11 is 0. The lowest BCUT2D eigenvalue weighted by Gasteiger charge is -2.32. The number of benzene rings is 2. The van der Waals surface area contributed by atoms with E-state index in [-0.39, 0.29) is 6.04 Å². The second kappa shape index (κ2) is 6.29. The van der Waals surface area contributed by atoms with Crippen molar-refractivity contribution in [3.8, 4) is 0 Å². The molecule has 0 radical (unpaired) electrons. The highest BCUT2D eigenvalue weighted by molar-refractivity contribution is 5.57. The molecule has 0 spiro atoms. The van der Waals surface area contributed by atoms with E-state index >= 15 is 0 Å². The first-order valence-electron chi connectivity index (χ1n) is 7.59. The van der Waals surface area contributed by atoms with Gasteiger partial charge in [0.2, 0.25) is 0 Å². The monoisotopic (exact) mass is 282 g/mol. The van der Waals surface area contributed by atoms with Crippen LogP contribution in [0.25, 0.3) is 0 Å². The molecular weight excluding hydrogens is 260 g/mol. The third kappa shape index (κ3) is 3.09. The van der Waals surface area contributed by atoms with E-state index in [2.05, 4.69) is 58.9 Å². The number of nitrogens with zero attached hydrogens (tertiary/aromatic N) is 1. The third-order valence-electron chi connectivity index (χ3n) is 4.23. The molecule has 2 N–H and O–H groups in total. The summed E-state index contributed by atoms with van der Waals surface area (Å²) in [6, 6.07) is 17.1. The van der Waals surface area contributed by atoms with Gasteiger partial charge in [0, 0.05) is 18.8 Å². The molecular formula is C18H22N2O. The number of fused-ring (bicyclic) bond motifs is 1. The van der Waals surface area contributed by atoms with E-state index in [1.54, 1.807) is 0 Å². The third-order valence-corrected chi connectivity index (χ3v) is 4.23. The van der Waals surface area contributed by atoms with Gasteiger partial charge in [0.15, 0.2) is 0 Å². The number of rotatable bonds is 4. The molecule has 1 unspecified atom stereocenters. The fraction of sp³-hybridized carbons (Fsp3) is 0.333. The molecule has 2 aromatic carbocycles. The summed E-state index contributed by atoms with van der Waals surface area (Å²) in [5.74, 6) is 0. The standard InChI is InChI=1S/C18H22N2O/c1-14(19-21)16-9-10-18-17(12-16)8-5-11-20(18)13-15-6-3-2-4-7-15/h2-4,6-7,9-10,12,14,19,21H,5,8,11,13H2,1H3. The lowest BCUT2D eigenvalue weighted by atomic mass is 9.96. The molecule has 0 saturated heterocycles. The Hall–Kier alpha value is -1.84. The summed E-state index contributed by atoms with van der Waals surface area (Å²) in [5, 5.41) is 9.08. The largest absolute Gasteiger partial charge is 0.367 e. The van der Waals surface area contributed by atoms with Crippen molar-refractivity contribution in [2.45, 2.75) is 32.4 Å². The Morgan fingerprint density at radius 3 is 2.76 bits per heavy atom. The van der Waals surface area contributed by atoms with Gasteiger partial charge in [-0.15, -0.1) is 0 Å². The Labute approximate surface area is 126 Å². The molecule has 0 saturated carbocycles. The van der Waals surface area contributed by atoms with Crippen molar-refractivity contribution < 1.29 is 5.21 Å². The molecule has 1 atom stereocenters. The second-order valence-electron chi connectivity index (χ2n) is 5.75. The van der Waals surface area contributed by atoms with Crippen LogP contribution in [0.5, 0.6) is 0 Å². The summed E-state index contributed by atoms with van der Waals surface area (Å²) in [5.41, 5.74) is 7.53. The van der Waals surface area contributed by atoms with Crippen LogP contribution in [0.15, 0.2) is 48.5 Å². The van der Waals surface area contributed by atoms with E-state index < -0.39 is 0 Å². The summed E-state index contributed by atoms with van der Waals surface area (Å²) in [7, 11) is 0. The minimum Gasteiger partial charge on any atom is -0.367 e. The summed E-state index contributed by atoms with van der Waals surface area (Å²) in [6.07, 6.45) is 2.30. The van der Waals surface area contributed by atoms with E-state index in [0.717, 1.165) is 25.1 Å². The molecule has 0 amide bonds. The van der Waals surface area contributed by atoms with Gasteiger partial charge in [-0.2, -0.15) is 5.48 Å². The average Bonchev–Trinajstić information content (AvgIpc) is 2.55. The molecule has 1 aliphatic heterocycles. The first-order chi connectivity index (χ1) is 10.3. The van der Waals surface area contributed by atoms with E-state index in [9.17, 15) is 0 Å². The first kappa shape index (κ1) is 14.1. The Morgan fingerprint density at radius 2 is 2.00 bits per heavy atom. The van der Waals surface area contributed by atoms with Crippen LogP contribution in [0.3, 0.4) is 0 Å². The quantitative estimate of drug-likeness (QED) is 0.840. The predicted molar refractivity (Wildman–Crippen MR) is 85.6 cm³/mol. The fourth-order valence-corrected chi connectivity index (χ4v) is 3.01. The van der Waals surface area contributed by atoms with Crippen LogP contribution in [0.1, 0.15) is 36.1 Å². The van der Waals surface area contributed by atoms with Gasteiger partial charge in [-0.3, -0.25) is 0 Å². The number of hydrogen-bond donors (Lipinski definition) is 2. The van der Waals surface area contributed by atoms with Crippen LogP contribution < -0.4 is 10.4 Å². The highest BCUT2D eigenvalue weighted by Gasteiger charge is 2.18. The minimum absolute atomic E-state index is 0.0280. The molecule has 0 aromatic heterocycles. The van der Waals surface area contributed by atoms with Crippen molar-refractivity contribution in [3.63, 3.8) is 0 Å². The summed E-state index contributed by atoms with van der Waals surface area (Å²) in [4.78, 5) is 2.45. The van der Waals surface area contributed by atoms with E-state index in [4.69, 9.17) is 5.21 Å². The maximum absolute atomic E-state index is 9.08. The molecule has 3 heteroatoms. The number of anilines is 1. The lowest BCUT2D eigenvalue weighted by molar-refractivity contribution is 0.133. The molecule has 110 valence electrons. The van der Waals surface area contributed by atoms with Crippen molar-refractivity contribution >= 4 is 5.69 Å². The van der Waals surface area contributed by atoms with Crippen molar-refractivity contribution in [2.75, 3.05) is 11.4 Å². The van der Waals surface area contributed by atoms with Crippen LogP contribution >= 0.6 is 0 Å². The topological polar surface area (TPSA) is 35.5 Å². The van der Waals surface area contributed by atoms with Gasteiger partial charge in [0.05, 0.1) is 6.04 Å². The van der Waals surface area contributed by atoms with Gasteiger partial charge in [-0.05, 0) is 42.5 Å². The molecule has 3 rings (SSSR count). The van der Waals surface area contributed by atoms with Gasteiger partial charge < -0.3 is 10.1 Å². The molecule has 1 heterocycles. The number of hydrogen-bond acceptors (Lipinski definition) is 3. The summed E-state index contributed by atoms with van der Waals surface area (Å²) < 4.78 is 0. The van der Waals surface area contributed by atoms with Crippen molar-refractivity contribution in [2.24, 2.45) is 0 Å². The van der Waals surface area contributed by atoms with Gasteiger partial charge in [0.1, 0.15) is 0 Å². The highest BCUT2D eigenvalue weighted by atomic mass is 16.5. The zero-order valence-corrected chi connectivity index (χ0v) is 12.4. The minimum atomic E-state index is -0.0280. The maximum atomic E-state index is 9.08. The van der Waals surface area contributed by atoms with Crippen LogP contribution in [-0.2, 0) is 13.0 Å². The molecule has 1 aliphatic rings. The van der Waals surface area contributed by atoms with Crippen molar-refractivity contribution in [1.29, 1.82) is 0 Å². The van der Waals surface area contributed by atoms with E-state index in [1.807, 2.05) is 6.92 Å². The van der Waals surface area contributed by atoms with E-state index in [1.165, 1.54) is 23.2 Å². The molecule has 21 heavy (non-hydrogen) atoms. The zero-order chi connectivity index (χ0) is 14.7. The SMILES string of the molecule is CC(NO)c1ccc2c(c1)CCCN2Cc1ccccc1. The van der Waals surface area contributed by atoms with Crippen molar-refractivity contribution in [3.05, 3.63) is 65.2 Å². The van der Waals surface area contributed by atoms with Crippen molar-refractivity contribution in [1.82, 2.24) is 5.48 Å². The Morgan fingerprint density at radius 1 is 1.19 bits per heavy atom. The maximum Gasteiger partial charge on any atom is 0.0540 e. The Bertz CT molecular complexity index is 597. The molecule has 0 aliphatic carbocycles. The van der Waals surface area contributed by atoms with Gasteiger partial charge in [0.25, 0.3) is 0 Å². The molecule has 0 fully saturated rings. The van der Waals surface area contributed by atoms with Crippen LogP contribution in [-0.4, -0.2) is 11.8 Å². The van der Waals surface area contributed by atoms with Gasteiger partial charge in [-0.1, -0.05) is 42.5 Å². The van der Waals surface area contributed by atoms with Crippen LogP contribution in [0.2, 0.25) is 0 Å². The fourth-order valence-electron chi connectivity index (χ4n) is 3.01. The Kier molecular flexibility index (Phi) is 4.23. The van der Waals surface area contributed by atoms with Crippen LogP contribution in [0.4, 0.5) is 5.69 Å². The lowest BCUT2D eigenvalue weighted by Crippen LogP contribution is -2.29. The smallest absolute Gasteiger partial charge is 0.0540 e. The molecule has 3 nitrogen and oxygen atoms in total. The molecule has 2 aromatic rings. The zero-order valence-electron chi connectivity index (χ0n) is 12.4. The second-order valence-corrected chi connectivity index (χ2v) is 5.75. The van der Waals surface area contributed by atoms with Gasteiger partial charge >= 0.3 is 0 Å². The number of hydroxylamine groups is 1. The Balaban J connectivity index is 1.85. The molecule has 0 bridgehead atoms. The highest BCUT2D eigenvalue weighted by Crippen LogP contribution is 2.30. The van der Waals surface area contributed by atoms with Gasteiger partial charge in [-0.25, -0.2) is 0 Å². The summed E-state index contributed by atoms with van der Waals surface area (Å²) in [6.45, 7) is 4.03. The van der Waals surface area contributed by atoms with Crippen LogP contribution in [0, 0.1) is 0 Å². The normalized spacial score (nSPS) is 15.6. The van der Waals surface area contributed by atoms with E-state index in [0.29, 0.717) is 0 Å². The first-order valence-corrected chi connectivity index (χ1v) is 7.59. The average molecular weight is 282 g/mol. The number of nitrogens with one attached hydrogen (secondary N) is 1. The number of aryl methyl sites for hydroxylation is 1. The predicted octanol–water partition coefficient (Wildman–Crippen LogP) is 3.68.